The number of carbonyl (C=O) groups excluding carboxylic acids is 3. The van der Waals surface area contributed by atoms with Gasteiger partial charge in [-0.3, -0.25) is 44.7 Å². The van der Waals surface area contributed by atoms with E-state index in [1.807, 2.05) is 0 Å². The minimum absolute atomic E-state index is 1.14. The molecule has 0 saturated carbocycles. The zero-order valence-electron chi connectivity index (χ0n) is 13.8. The summed E-state index contributed by atoms with van der Waals surface area (Å²) in [5.41, 5.74) is -5.72. The van der Waals surface area contributed by atoms with E-state index < -0.39 is 88.8 Å². The third-order valence-corrected chi connectivity index (χ3v) is 4.08. The zero-order chi connectivity index (χ0) is 21.4. The fraction of sp³-hybridized carbons (Fsp3) is 0.750. The van der Waals surface area contributed by atoms with Gasteiger partial charge in [0.2, 0.25) is 17.3 Å². The molecule has 0 aromatic carbocycles. The number of aliphatic hydroxyl groups excluding tert-OH is 3. The van der Waals surface area contributed by atoms with Crippen molar-refractivity contribution in [2.24, 2.45) is 10.8 Å². The Labute approximate surface area is 150 Å². The number of ketones is 3. The zero-order valence-corrected chi connectivity index (χ0v) is 13.8. The van der Waals surface area contributed by atoms with Crippen LogP contribution in [0.5, 0.6) is 0 Å². The molecule has 0 atom stereocenters. The number of rotatable bonds is 14. The number of nitrogens with zero attached hydrogens (tertiary/aromatic N) is 3. The van der Waals surface area contributed by atoms with E-state index in [1.54, 1.807) is 0 Å². The Hall–Kier alpha value is -2.91. The van der Waals surface area contributed by atoms with E-state index in [9.17, 15) is 60.0 Å². The van der Waals surface area contributed by atoms with Gasteiger partial charge in [0.25, 0.3) is 19.6 Å². The smallest absolute Gasteiger partial charge is 0.262 e. The van der Waals surface area contributed by atoms with Crippen molar-refractivity contribution in [1.29, 1.82) is 0 Å². The number of hydrogen-bond acceptors (Lipinski definition) is 12. The fourth-order valence-electron chi connectivity index (χ4n) is 2.69. The predicted molar refractivity (Wildman–Crippen MR) is 81.3 cm³/mol. The van der Waals surface area contributed by atoms with E-state index in [2.05, 4.69) is 0 Å². The second kappa shape index (κ2) is 9.70. The maximum absolute atomic E-state index is 12.5. The van der Waals surface area contributed by atoms with Gasteiger partial charge in [-0.15, -0.1) is 0 Å². The summed E-state index contributed by atoms with van der Waals surface area (Å²) in [4.78, 5) is 65.3. The fourth-order valence-corrected chi connectivity index (χ4v) is 2.69. The minimum atomic E-state index is -3.11. The molecule has 0 aliphatic rings. The molecule has 15 heteroatoms. The third-order valence-electron chi connectivity index (χ3n) is 4.08. The molecule has 27 heavy (non-hydrogen) atoms. The molecular formula is C12H17N3O12. The van der Waals surface area contributed by atoms with Crippen LogP contribution in [-0.4, -0.2) is 86.9 Å². The SMILES string of the molecule is O=C(C[N+](=O)[O-])CC(C(=O)C[N+](=O)[O-])(C(=O)C[N+](=O)[O-])C(CO)(CO)CO. The van der Waals surface area contributed by atoms with Gasteiger partial charge >= 0.3 is 0 Å². The first-order valence-corrected chi connectivity index (χ1v) is 7.18. The Kier molecular flexibility index (Phi) is 8.65. The van der Waals surface area contributed by atoms with Gasteiger partial charge in [0, 0.05) is 21.2 Å². The first kappa shape index (κ1) is 24.1. The summed E-state index contributed by atoms with van der Waals surface area (Å²) in [6.45, 7) is -8.85. The maximum atomic E-state index is 12.5. The first-order valence-electron chi connectivity index (χ1n) is 7.18. The van der Waals surface area contributed by atoms with Crippen LogP contribution < -0.4 is 0 Å². The first-order chi connectivity index (χ1) is 12.4. The van der Waals surface area contributed by atoms with Gasteiger partial charge in [0.05, 0.1) is 25.2 Å². The molecule has 0 rings (SSSR count). The van der Waals surface area contributed by atoms with E-state index in [1.165, 1.54) is 0 Å². The van der Waals surface area contributed by atoms with Gasteiger partial charge < -0.3 is 15.3 Å². The normalized spacial score (nSPS) is 11.7. The van der Waals surface area contributed by atoms with Crippen molar-refractivity contribution in [3.05, 3.63) is 30.3 Å². The van der Waals surface area contributed by atoms with Crippen molar-refractivity contribution in [3.63, 3.8) is 0 Å². The lowest BCUT2D eigenvalue weighted by atomic mass is 9.57. The predicted octanol–water partition coefficient (Wildman–Crippen LogP) is -3.14. The molecule has 0 amide bonds. The van der Waals surface area contributed by atoms with Crippen molar-refractivity contribution >= 4 is 17.3 Å². The van der Waals surface area contributed by atoms with E-state index in [0.29, 0.717) is 0 Å². The topological polar surface area (TPSA) is 241 Å². The van der Waals surface area contributed by atoms with Gasteiger partial charge in [-0.25, -0.2) is 0 Å². The van der Waals surface area contributed by atoms with E-state index in [0.717, 1.165) is 0 Å². The molecule has 0 aromatic heterocycles. The average Bonchev–Trinajstić information content (AvgIpc) is 2.53. The molecule has 15 nitrogen and oxygen atoms in total. The Morgan fingerprint density at radius 3 is 1.30 bits per heavy atom. The maximum Gasteiger partial charge on any atom is 0.262 e. The number of aliphatic hydroxyl groups is 3. The van der Waals surface area contributed by atoms with Gasteiger partial charge in [-0.1, -0.05) is 0 Å². The summed E-state index contributed by atoms with van der Waals surface area (Å²) >= 11 is 0. The summed E-state index contributed by atoms with van der Waals surface area (Å²) < 4.78 is 0. The second-order valence-electron chi connectivity index (χ2n) is 5.69. The van der Waals surface area contributed by atoms with E-state index in [4.69, 9.17) is 0 Å². The van der Waals surface area contributed by atoms with Crippen LogP contribution in [0.4, 0.5) is 0 Å². The van der Waals surface area contributed by atoms with Crippen LogP contribution in [0, 0.1) is 41.2 Å². The highest BCUT2D eigenvalue weighted by molar-refractivity contribution is 6.11. The summed E-state index contributed by atoms with van der Waals surface area (Å²) in [5.74, 6) is -4.85. The number of nitro groups is 3. The molecule has 0 saturated heterocycles. The lowest BCUT2D eigenvalue weighted by Gasteiger charge is -2.43. The highest BCUT2D eigenvalue weighted by Crippen LogP contribution is 2.44. The molecule has 0 fully saturated rings. The molecule has 0 heterocycles. The van der Waals surface area contributed by atoms with E-state index >= 15 is 0 Å². The summed E-state index contributed by atoms with van der Waals surface area (Å²) in [6.07, 6.45) is -1.45. The van der Waals surface area contributed by atoms with Crippen LogP contribution in [0.1, 0.15) is 6.42 Å². The van der Waals surface area contributed by atoms with Gasteiger partial charge in [0.1, 0.15) is 5.41 Å². The lowest BCUT2D eigenvalue weighted by Crippen LogP contribution is -2.62. The van der Waals surface area contributed by atoms with Crippen molar-refractivity contribution in [2.75, 3.05) is 39.5 Å². The Morgan fingerprint density at radius 2 is 1.04 bits per heavy atom. The van der Waals surface area contributed by atoms with Crippen LogP contribution in [0.3, 0.4) is 0 Å². The lowest BCUT2D eigenvalue weighted by molar-refractivity contribution is -0.472. The van der Waals surface area contributed by atoms with E-state index in [-0.39, 0.29) is 0 Å². The molecule has 0 bridgehead atoms. The molecule has 0 radical (unpaired) electrons. The second-order valence-corrected chi connectivity index (χ2v) is 5.69. The van der Waals surface area contributed by atoms with Crippen molar-refractivity contribution in [3.8, 4) is 0 Å². The highest BCUT2D eigenvalue weighted by atomic mass is 16.6. The van der Waals surface area contributed by atoms with Gasteiger partial charge in [-0.2, -0.15) is 0 Å². The standard InChI is InChI=1S/C12H17N3O12/c16-5-11(6-17,7-18)12(9(20)3-14(24)25,10(21)4-15(26)27)1-8(19)2-13(22)23/h16-18H,1-7H2. The number of carbonyl (C=O) groups is 3. The van der Waals surface area contributed by atoms with Crippen LogP contribution in [0.15, 0.2) is 0 Å². The third kappa shape index (κ3) is 5.28. The van der Waals surface area contributed by atoms with Gasteiger partial charge in [0.15, 0.2) is 0 Å². The summed E-state index contributed by atoms with van der Waals surface area (Å²) in [7, 11) is 0. The minimum Gasteiger partial charge on any atom is -0.396 e. The van der Waals surface area contributed by atoms with Crippen LogP contribution >= 0.6 is 0 Å². The molecule has 152 valence electrons. The highest BCUT2D eigenvalue weighted by Gasteiger charge is 2.63. The monoisotopic (exact) mass is 395 g/mol. The summed E-state index contributed by atoms with van der Waals surface area (Å²) in [5, 5.41) is 60.6. The number of Topliss-reactive ketones (excluding diaryl/α,β-unsaturated/α-hetero) is 3. The summed E-state index contributed by atoms with van der Waals surface area (Å²) in [6, 6.07) is 0. The molecule has 3 N–H and O–H groups in total. The van der Waals surface area contributed by atoms with Crippen molar-refractivity contribution in [1.82, 2.24) is 0 Å². The Balaban J connectivity index is 6.68. The van der Waals surface area contributed by atoms with Crippen molar-refractivity contribution in [2.45, 2.75) is 6.42 Å². The molecule has 0 unspecified atom stereocenters. The Bertz CT molecular complexity index is 605. The molecule has 0 aliphatic carbocycles. The Morgan fingerprint density at radius 1 is 0.704 bits per heavy atom. The molecule has 0 spiro atoms. The quantitative estimate of drug-likeness (QED) is 0.150. The molecule has 0 aliphatic heterocycles. The number of hydrogen-bond donors (Lipinski definition) is 3. The van der Waals surface area contributed by atoms with Crippen LogP contribution in [0.25, 0.3) is 0 Å². The molecular weight excluding hydrogens is 378 g/mol. The average molecular weight is 395 g/mol. The largest absolute Gasteiger partial charge is 0.396 e. The van der Waals surface area contributed by atoms with Gasteiger partial charge in [-0.05, 0) is 0 Å². The molecule has 0 aromatic rings. The van der Waals surface area contributed by atoms with Crippen molar-refractivity contribution < 1.29 is 44.5 Å². The van der Waals surface area contributed by atoms with Crippen LogP contribution in [-0.2, 0) is 14.4 Å². The van der Waals surface area contributed by atoms with Crippen LogP contribution in [0.2, 0.25) is 0 Å².